The molecule has 1 aromatic carbocycles. The Morgan fingerprint density at radius 1 is 1.24 bits per heavy atom. The Hall–Kier alpha value is -2.06. The van der Waals surface area contributed by atoms with E-state index < -0.39 is 6.36 Å². The zero-order chi connectivity index (χ0) is 17.9. The molecule has 0 unspecified atom stereocenters. The minimum absolute atomic E-state index is 0.248. The van der Waals surface area contributed by atoms with Gasteiger partial charge >= 0.3 is 6.36 Å². The molecule has 0 radical (unpaired) electrons. The van der Waals surface area contributed by atoms with E-state index >= 15 is 0 Å². The summed E-state index contributed by atoms with van der Waals surface area (Å²) in [6, 6.07) is 6.02. The number of ether oxygens (including phenoxy) is 2. The highest BCUT2D eigenvalue weighted by Gasteiger charge is 2.31. The number of alkyl halides is 3. The molecule has 1 fully saturated rings. The smallest absolute Gasteiger partial charge is 0.406 e. The van der Waals surface area contributed by atoms with Crippen molar-refractivity contribution in [2.24, 2.45) is 0 Å². The van der Waals surface area contributed by atoms with Crippen molar-refractivity contribution in [2.45, 2.75) is 13.3 Å². The molecular formula is C17H20F3N3O2. The van der Waals surface area contributed by atoms with Crippen LogP contribution in [0.5, 0.6) is 5.75 Å². The molecule has 0 spiro atoms. The molecule has 0 atom stereocenters. The van der Waals surface area contributed by atoms with E-state index in [9.17, 15) is 13.2 Å². The summed E-state index contributed by atoms with van der Waals surface area (Å²) >= 11 is 0. The van der Waals surface area contributed by atoms with Gasteiger partial charge in [0.15, 0.2) is 0 Å². The Morgan fingerprint density at radius 2 is 2.00 bits per heavy atom. The first kappa shape index (κ1) is 17.8. The van der Waals surface area contributed by atoms with E-state index in [0.29, 0.717) is 17.4 Å². The van der Waals surface area contributed by atoms with E-state index in [2.05, 4.69) is 19.9 Å². The molecule has 0 aliphatic carbocycles. The van der Waals surface area contributed by atoms with Crippen LogP contribution < -0.4 is 10.1 Å². The van der Waals surface area contributed by atoms with Gasteiger partial charge in [-0.2, -0.15) is 0 Å². The molecule has 1 aliphatic rings. The first-order valence-corrected chi connectivity index (χ1v) is 8.12. The SMILES string of the molecule is Cc1cc(NCCN2CCOCC2)c2cc(OC(F)(F)F)ccc2n1. The first-order chi connectivity index (χ1) is 11.9. The molecule has 5 nitrogen and oxygen atoms in total. The monoisotopic (exact) mass is 355 g/mol. The number of hydrogen-bond acceptors (Lipinski definition) is 5. The van der Waals surface area contributed by atoms with Crippen LogP contribution >= 0.6 is 0 Å². The number of hydrogen-bond donors (Lipinski definition) is 1. The number of anilines is 1. The van der Waals surface area contributed by atoms with Gasteiger partial charge in [0, 0.05) is 42.9 Å². The molecular weight excluding hydrogens is 335 g/mol. The van der Waals surface area contributed by atoms with Crippen molar-refractivity contribution in [2.75, 3.05) is 44.7 Å². The largest absolute Gasteiger partial charge is 0.573 e. The second kappa shape index (κ2) is 7.45. The Morgan fingerprint density at radius 3 is 2.72 bits per heavy atom. The van der Waals surface area contributed by atoms with Gasteiger partial charge in [0.2, 0.25) is 0 Å². The number of nitrogens with one attached hydrogen (secondary N) is 1. The van der Waals surface area contributed by atoms with E-state index in [0.717, 1.165) is 44.2 Å². The average molecular weight is 355 g/mol. The van der Waals surface area contributed by atoms with Crippen molar-refractivity contribution in [3.05, 3.63) is 30.0 Å². The molecule has 136 valence electrons. The summed E-state index contributed by atoms with van der Waals surface area (Å²) in [6.07, 6.45) is -4.71. The van der Waals surface area contributed by atoms with Gasteiger partial charge in [-0.3, -0.25) is 9.88 Å². The standard InChI is InChI=1S/C17H20F3N3O2/c1-12-10-16(21-4-5-23-6-8-24-9-7-23)14-11-13(25-17(18,19)20)2-3-15(14)22-12/h2-3,10-11H,4-9H2,1H3,(H,21,22). The number of aromatic nitrogens is 1. The number of benzene rings is 1. The van der Waals surface area contributed by atoms with Crippen molar-refractivity contribution in [3.8, 4) is 5.75 Å². The fourth-order valence-electron chi connectivity index (χ4n) is 2.85. The first-order valence-electron chi connectivity index (χ1n) is 8.12. The normalized spacial score (nSPS) is 16.2. The van der Waals surface area contributed by atoms with Crippen LogP contribution in [0.3, 0.4) is 0 Å². The van der Waals surface area contributed by atoms with E-state index in [1.165, 1.54) is 18.2 Å². The molecule has 1 aromatic heterocycles. The van der Waals surface area contributed by atoms with Gasteiger partial charge in [-0.1, -0.05) is 0 Å². The number of aryl methyl sites for hydroxylation is 1. The summed E-state index contributed by atoms with van der Waals surface area (Å²) in [6.45, 7) is 6.62. The average Bonchev–Trinajstić information content (AvgIpc) is 2.55. The molecule has 0 bridgehead atoms. The van der Waals surface area contributed by atoms with Crippen LogP contribution in [-0.2, 0) is 4.74 Å². The lowest BCUT2D eigenvalue weighted by Gasteiger charge is -2.26. The Bertz CT molecular complexity index is 731. The second-order valence-electron chi connectivity index (χ2n) is 5.92. The van der Waals surface area contributed by atoms with E-state index in [-0.39, 0.29) is 5.75 Å². The summed E-state index contributed by atoms with van der Waals surface area (Å²) in [5, 5.41) is 3.91. The minimum atomic E-state index is -4.71. The zero-order valence-electron chi connectivity index (χ0n) is 13.9. The third-order valence-electron chi connectivity index (χ3n) is 3.99. The van der Waals surface area contributed by atoms with Crippen LogP contribution in [0.1, 0.15) is 5.69 Å². The summed E-state index contributed by atoms with van der Waals surface area (Å²) in [7, 11) is 0. The van der Waals surface area contributed by atoms with Gasteiger partial charge in [0.25, 0.3) is 0 Å². The van der Waals surface area contributed by atoms with Crippen LogP contribution in [0.25, 0.3) is 10.9 Å². The van der Waals surface area contributed by atoms with Gasteiger partial charge in [-0.15, -0.1) is 13.2 Å². The van der Waals surface area contributed by atoms with E-state index in [4.69, 9.17) is 4.74 Å². The van der Waals surface area contributed by atoms with Crippen molar-refractivity contribution in [1.82, 2.24) is 9.88 Å². The highest BCUT2D eigenvalue weighted by Crippen LogP contribution is 2.30. The number of morpholine rings is 1. The van der Waals surface area contributed by atoms with Gasteiger partial charge in [0.1, 0.15) is 5.75 Å². The van der Waals surface area contributed by atoms with Crippen LogP contribution in [0.2, 0.25) is 0 Å². The molecule has 1 saturated heterocycles. The second-order valence-corrected chi connectivity index (χ2v) is 5.92. The highest BCUT2D eigenvalue weighted by atomic mass is 19.4. The molecule has 2 heterocycles. The number of nitrogens with zero attached hydrogens (tertiary/aromatic N) is 2. The summed E-state index contributed by atoms with van der Waals surface area (Å²) in [4.78, 5) is 6.65. The fraction of sp³-hybridized carbons (Fsp3) is 0.471. The molecule has 1 aliphatic heterocycles. The fourth-order valence-corrected chi connectivity index (χ4v) is 2.85. The lowest BCUT2D eigenvalue weighted by atomic mass is 10.1. The number of halogens is 3. The number of fused-ring (bicyclic) bond motifs is 1. The Balaban J connectivity index is 1.76. The maximum atomic E-state index is 12.4. The molecule has 8 heteroatoms. The molecule has 1 N–H and O–H groups in total. The lowest BCUT2D eigenvalue weighted by molar-refractivity contribution is -0.274. The van der Waals surface area contributed by atoms with Crippen molar-refractivity contribution in [1.29, 1.82) is 0 Å². The molecule has 0 amide bonds. The molecule has 25 heavy (non-hydrogen) atoms. The van der Waals surface area contributed by atoms with Crippen LogP contribution in [0, 0.1) is 6.92 Å². The van der Waals surface area contributed by atoms with Crippen LogP contribution in [0.4, 0.5) is 18.9 Å². The summed E-state index contributed by atoms with van der Waals surface area (Å²) < 4.78 is 46.7. The maximum Gasteiger partial charge on any atom is 0.573 e. The van der Waals surface area contributed by atoms with Gasteiger partial charge in [-0.25, -0.2) is 0 Å². The highest BCUT2D eigenvalue weighted by molar-refractivity contribution is 5.92. The van der Waals surface area contributed by atoms with E-state index in [1.807, 2.05) is 13.0 Å². The minimum Gasteiger partial charge on any atom is -0.406 e. The Labute approximate surface area is 143 Å². The van der Waals surface area contributed by atoms with Crippen LogP contribution in [-0.4, -0.2) is 55.6 Å². The third-order valence-corrected chi connectivity index (χ3v) is 3.99. The summed E-state index contributed by atoms with van der Waals surface area (Å²) in [5.74, 6) is -0.248. The molecule has 2 aromatic rings. The van der Waals surface area contributed by atoms with Gasteiger partial charge < -0.3 is 14.8 Å². The van der Waals surface area contributed by atoms with E-state index in [1.54, 1.807) is 0 Å². The number of pyridine rings is 1. The molecule has 0 saturated carbocycles. The van der Waals surface area contributed by atoms with Crippen LogP contribution in [0.15, 0.2) is 24.3 Å². The van der Waals surface area contributed by atoms with Crippen molar-refractivity contribution < 1.29 is 22.6 Å². The molecule has 3 rings (SSSR count). The predicted octanol–water partition coefficient (Wildman–Crippen LogP) is 3.19. The van der Waals surface area contributed by atoms with Crippen molar-refractivity contribution >= 4 is 16.6 Å². The summed E-state index contributed by atoms with van der Waals surface area (Å²) in [5.41, 5.74) is 2.18. The zero-order valence-corrected chi connectivity index (χ0v) is 13.9. The maximum absolute atomic E-state index is 12.4. The number of rotatable bonds is 5. The van der Waals surface area contributed by atoms with Gasteiger partial charge in [0.05, 0.1) is 18.7 Å². The predicted molar refractivity (Wildman–Crippen MR) is 88.9 cm³/mol. The third kappa shape index (κ3) is 4.96. The lowest BCUT2D eigenvalue weighted by Crippen LogP contribution is -2.39. The van der Waals surface area contributed by atoms with Crippen molar-refractivity contribution in [3.63, 3.8) is 0 Å². The quantitative estimate of drug-likeness (QED) is 0.893. The van der Waals surface area contributed by atoms with Gasteiger partial charge in [-0.05, 0) is 31.2 Å². The topological polar surface area (TPSA) is 46.6 Å². The Kier molecular flexibility index (Phi) is 5.29.